The molecule has 3 aromatic rings. The maximum atomic E-state index is 13.4. The smallest absolute Gasteiger partial charge is 0.261 e. The van der Waals surface area contributed by atoms with Gasteiger partial charge in [0.2, 0.25) is 0 Å². The first-order valence-corrected chi connectivity index (χ1v) is 15.2. The van der Waals surface area contributed by atoms with E-state index in [2.05, 4.69) is 26.7 Å². The highest BCUT2D eigenvalue weighted by molar-refractivity contribution is 7.92. The van der Waals surface area contributed by atoms with Gasteiger partial charge in [-0.15, -0.1) is 0 Å². The van der Waals surface area contributed by atoms with Crippen molar-refractivity contribution in [3.63, 3.8) is 0 Å². The average molecular weight is 605 g/mol. The molecule has 0 aromatic heterocycles. The highest BCUT2D eigenvalue weighted by Crippen LogP contribution is 2.38. The highest BCUT2D eigenvalue weighted by Gasteiger charge is 2.47. The molecular formula is C29H28Cl3N3O3S. The van der Waals surface area contributed by atoms with Gasteiger partial charge in [0.15, 0.2) is 5.78 Å². The number of nitrogens with zero attached hydrogens (tertiary/aromatic N) is 2. The van der Waals surface area contributed by atoms with E-state index in [1.165, 1.54) is 18.2 Å². The van der Waals surface area contributed by atoms with E-state index in [1.54, 1.807) is 18.2 Å². The molecular weight excluding hydrogens is 577 g/mol. The molecule has 0 unspecified atom stereocenters. The van der Waals surface area contributed by atoms with Crippen LogP contribution in [-0.2, 0) is 21.4 Å². The Hall–Kier alpha value is -2.55. The van der Waals surface area contributed by atoms with Crippen LogP contribution in [0.15, 0.2) is 83.3 Å². The number of nitrogens with one attached hydrogen (secondary N) is 1. The summed E-state index contributed by atoms with van der Waals surface area (Å²) in [6, 6.07) is 19.4. The summed E-state index contributed by atoms with van der Waals surface area (Å²) in [5.41, 5.74) is 2.69. The summed E-state index contributed by atoms with van der Waals surface area (Å²) in [5, 5.41) is 0.839. The minimum absolute atomic E-state index is 0.00269. The first-order valence-electron chi connectivity index (χ1n) is 12.6. The number of benzene rings is 3. The lowest BCUT2D eigenvalue weighted by Crippen LogP contribution is -2.62. The van der Waals surface area contributed by atoms with Crippen LogP contribution in [0.3, 0.4) is 0 Å². The number of carbonyl (C=O) groups is 1. The number of sulfonamides is 1. The largest absolute Gasteiger partial charge is 0.354 e. The van der Waals surface area contributed by atoms with Crippen molar-refractivity contribution in [2.75, 3.05) is 29.3 Å². The van der Waals surface area contributed by atoms with Gasteiger partial charge in [-0.05, 0) is 73.9 Å². The number of halogens is 3. The molecule has 204 valence electrons. The van der Waals surface area contributed by atoms with Crippen molar-refractivity contribution in [3.05, 3.63) is 99.0 Å². The highest BCUT2D eigenvalue weighted by atomic mass is 35.5. The van der Waals surface area contributed by atoms with Crippen LogP contribution in [0.2, 0.25) is 15.1 Å². The lowest BCUT2D eigenvalue weighted by Gasteiger charge is -2.50. The van der Waals surface area contributed by atoms with Gasteiger partial charge in [-0.2, -0.15) is 0 Å². The van der Waals surface area contributed by atoms with Gasteiger partial charge in [-0.1, -0.05) is 64.6 Å². The van der Waals surface area contributed by atoms with Gasteiger partial charge in [-0.3, -0.25) is 14.4 Å². The summed E-state index contributed by atoms with van der Waals surface area (Å²) >= 11 is 18.3. The number of hydrogen-bond acceptors (Lipinski definition) is 5. The SMILES string of the molecule is CC1=CC(=O)C2(CCN(Cc3ccc(Cl)cc3NS(=O)(=O)c3ccc(Cl)c(Cl)c3)CC2)N(c2ccccc2)C1. The van der Waals surface area contributed by atoms with E-state index in [-0.39, 0.29) is 20.7 Å². The summed E-state index contributed by atoms with van der Waals surface area (Å²) in [7, 11) is -3.93. The molecule has 6 nitrogen and oxygen atoms in total. The Kier molecular flexibility index (Phi) is 8.00. The number of ketones is 1. The van der Waals surface area contributed by atoms with Gasteiger partial charge in [0, 0.05) is 36.9 Å². The molecule has 1 spiro atoms. The first kappa shape index (κ1) is 28.0. The Morgan fingerprint density at radius 1 is 0.923 bits per heavy atom. The van der Waals surface area contributed by atoms with Crippen molar-refractivity contribution in [2.45, 2.75) is 36.7 Å². The second-order valence-corrected chi connectivity index (χ2v) is 13.0. The summed E-state index contributed by atoms with van der Waals surface area (Å²) in [6.07, 6.45) is 3.13. The second-order valence-electron chi connectivity index (χ2n) is 10.1. The van der Waals surface area contributed by atoms with Crippen LogP contribution in [0.5, 0.6) is 0 Å². The van der Waals surface area contributed by atoms with Crippen LogP contribution in [0.4, 0.5) is 11.4 Å². The van der Waals surface area contributed by atoms with Crippen LogP contribution in [-0.4, -0.2) is 44.3 Å². The number of piperidine rings is 1. The Morgan fingerprint density at radius 2 is 1.64 bits per heavy atom. The predicted molar refractivity (Wildman–Crippen MR) is 159 cm³/mol. The van der Waals surface area contributed by atoms with Gasteiger partial charge >= 0.3 is 0 Å². The molecule has 1 saturated heterocycles. The first-order chi connectivity index (χ1) is 18.6. The van der Waals surface area contributed by atoms with Gasteiger partial charge in [0.25, 0.3) is 10.0 Å². The number of para-hydroxylation sites is 1. The van der Waals surface area contributed by atoms with E-state index in [1.807, 2.05) is 31.2 Å². The quantitative estimate of drug-likeness (QED) is 0.335. The standard InChI is InChI=1S/C29H28Cl3N3O3S/c1-20-15-28(36)29(35(18-20)23-5-3-2-4-6-23)11-13-34(14-12-29)19-21-7-8-22(30)16-27(21)33-39(37,38)24-9-10-25(31)26(32)17-24/h2-10,15-17,33H,11-14,18-19H2,1H3. The molecule has 39 heavy (non-hydrogen) atoms. The molecule has 0 amide bonds. The van der Waals surface area contributed by atoms with Crippen molar-refractivity contribution in [3.8, 4) is 0 Å². The minimum Gasteiger partial charge on any atom is -0.354 e. The van der Waals surface area contributed by atoms with Crippen molar-refractivity contribution in [2.24, 2.45) is 0 Å². The third-order valence-corrected chi connectivity index (χ3v) is 9.76. The summed E-state index contributed by atoms with van der Waals surface area (Å²) in [4.78, 5) is 17.9. The maximum absolute atomic E-state index is 13.4. The number of rotatable bonds is 6. The molecule has 2 aliphatic rings. The van der Waals surface area contributed by atoms with E-state index in [4.69, 9.17) is 34.8 Å². The normalized spacial score (nSPS) is 17.8. The lowest BCUT2D eigenvalue weighted by atomic mass is 9.78. The molecule has 10 heteroatoms. The number of anilines is 2. The molecule has 5 rings (SSSR count). The van der Waals surface area contributed by atoms with Crippen LogP contribution in [0, 0.1) is 0 Å². The Balaban J connectivity index is 1.35. The molecule has 0 radical (unpaired) electrons. The van der Waals surface area contributed by atoms with E-state index >= 15 is 0 Å². The fourth-order valence-electron chi connectivity index (χ4n) is 5.35. The number of likely N-dealkylation sites (tertiary alicyclic amines) is 1. The zero-order chi connectivity index (χ0) is 27.8. The van der Waals surface area contributed by atoms with Gasteiger partial charge in [0.1, 0.15) is 5.54 Å². The molecule has 0 aliphatic carbocycles. The zero-order valence-electron chi connectivity index (χ0n) is 21.3. The topological polar surface area (TPSA) is 69.7 Å². The molecule has 0 atom stereocenters. The molecule has 3 aromatic carbocycles. The average Bonchev–Trinajstić information content (AvgIpc) is 2.90. The Morgan fingerprint density at radius 3 is 2.33 bits per heavy atom. The van der Waals surface area contributed by atoms with Crippen LogP contribution in [0.25, 0.3) is 0 Å². The molecule has 2 heterocycles. The van der Waals surface area contributed by atoms with Gasteiger partial charge in [0.05, 0.1) is 20.6 Å². The van der Waals surface area contributed by atoms with Crippen LogP contribution >= 0.6 is 34.8 Å². The molecule has 1 N–H and O–H groups in total. The van der Waals surface area contributed by atoms with E-state index in [9.17, 15) is 13.2 Å². The number of hydrogen-bond donors (Lipinski definition) is 1. The maximum Gasteiger partial charge on any atom is 0.261 e. The van der Waals surface area contributed by atoms with Crippen molar-refractivity contribution >= 4 is 62.0 Å². The van der Waals surface area contributed by atoms with E-state index < -0.39 is 15.6 Å². The fraction of sp³-hybridized carbons (Fsp3) is 0.276. The minimum atomic E-state index is -3.93. The third kappa shape index (κ3) is 5.83. The molecule has 1 fully saturated rings. The summed E-state index contributed by atoms with van der Waals surface area (Å²) < 4.78 is 28.9. The van der Waals surface area contributed by atoms with Crippen molar-refractivity contribution in [1.82, 2.24) is 4.90 Å². The Bertz CT molecular complexity index is 1540. The monoisotopic (exact) mass is 603 g/mol. The number of carbonyl (C=O) groups excluding carboxylic acids is 1. The van der Waals surface area contributed by atoms with E-state index in [0.29, 0.717) is 49.7 Å². The summed E-state index contributed by atoms with van der Waals surface area (Å²) in [5.74, 6) is 0.149. The van der Waals surface area contributed by atoms with Crippen LogP contribution in [0.1, 0.15) is 25.3 Å². The predicted octanol–water partition coefficient (Wildman–Crippen LogP) is 6.82. The van der Waals surface area contributed by atoms with Gasteiger partial charge < -0.3 is 4.90 Å². The zero-order valence-corrected chi connectivity index (χ0v) is 24.4. The van der Waals surface area contributed by atoms with E-state index in [0.717, 1.165) is 16.8 Å². The fourth-order valence-corrected chi connectivity index (χ4v) is 7.00. The Labute approximate surface area is 244 Å². The molecule has 0 saturated carbocycles. The van der Waals surface area contributed by atoms with Crippen LogP contribution < -0.4 is 9.62 Å². The lowest BCUT2D eigenvalue weighted by molar-refractivity contribution is -0.121. The van der Waals surface area contributed by atoms with Crippen molar-refractivity contribution in [1.29, 1.82) is 0 Å². The summed E-state index contributed by atoms with van der Waals surface area (Å²) in [6.45, 7) is 4.58. The molecule has 0 bridgehead atoms. The molecule has 2 aliphatic heterocycles. The second kappa shape index (κ2) is 11.1. The third-order valence-electron chi connectivity index (χ3n) is 7.42. The van der Waals surface area contributed by atoms with Crippen molar-refractivity contribution < 1.29 is 13.2 Å². The van der Waals surface area contributed by atoms with Gasteiger partial charge in [-0.25, -0.2) is 8.42 Å².